The van der Waals surface area contributed by atoms with Crippen LogP contribution in [0.1, 0.15) is 24.5 Å². The highest BCUT2D eigenvalue weighted by Gasteiger charge is 2.34. The molecule has 2 aliphatic rings. The van der Waals surface area contributed by atoms with E-state index in [0.29, 0.717) is 24.4 Å². The molecule has 2 aliphatic heterocycles. The van der Waals surface area contributed by atoms with Gasteiger partial charge in [-0.2, -0.15) is 0 Å². The number of anilines is 1. The molecule has 0 radical (unpaired) electrons. The first kappa shape index (κ1) is 23.3. The molecule has 33 heavy (non-hydrogen) atoms. The number of hydrogen-bond donors (Lipinski definition) is 1. The molecule has 1 N–H and O–H groups in total. The molecule has 176 valence electrons. The number of rotatable bonds is 8. The Labute approximate surface area is 196 Å². The zero-order valence-electron chi connectivity index (χ0n) is 19.6. The maximum absolute atomic E-state index is 12.9. The van der Waals surface area contributed by atoms with E-state index >= 15 is 0 Å². The summed E-state index contributed by atoms with van der Waals surface area (Å²) in [6.07, 6.45) is 0.0285. The van der Waals surface area contributed by atoms with E-state index in [0.717, 1.165) is 44.8 Å². The quantitative estimate of drug-likeness (QED) is 0.669. The van der Waals surface area contributed by atoms with Crippen molar-refractivity contribution in [3.05, 3.63) is 59.7 Å². The Balaban J connectivity index is 1.23. The molecule has 0 saturated carbocycles. The monoisotopic (exact) mass is 450 g/mol. The number of amides is 2. The van der Waals surface area contributed by atoms with Crippen LogP contribution in [0.3, 0.4) is 0 Å². The highest BCUT2D eigenvalue weighted by Crippen LogP contribution is 2.35. The molecular weight excluding hydrogens is 416 g/mol. The lowest BCUT2D eigenvalue weighted by molar-refractivity contribution is -0.129. The minimum absolute atomic E-state index is 0.0139. The Morgan fingerprint density at radius 3 is 2.52 bits per heavy atom. The van der Waals surface area contributed by atoms with Crippen LogP contribution < -0.4 is 15.0 Å². The summed E-state index contributed by atoms with van der Waals surface area (Å²) >= 11 is 0. The van der Waals surface area contributed by atoms with Gasteiger partial charge in [-0.15, -0.1) is 0 Å². The fraction of sp³-hybridized carbons (Fsp3) is 0.462. The van der Waals surface area contributed by atoms with Gasteiger partial charge in [0.25, 0.3) is 5.91 Å². The number of fused-ring (bicyclic) bond motifs is 1. The molecule has 2 amide bonds. The average molecular weight is 451 g/mol. The van der Waals surface area contributed by atoms with Crippen LogP contribution in [0.5, 0.6) is 5.75 Å². The van der Waals surface area contributed by atoms with E-state index in [9.17, 15) is 9.59 Å². The lowest BCUT2D eigenvalue weighted by atomic mass is 10.1. The first-order valence-corrected chi connectivity index (χ1v) is 11.9. The van der Waals surface area contributed by atoms with Crippen LogP contribution >= 0.6 is 0 Å². The summed E-state index contributed by atoms with van der Waals surface area (Å²) in [6.45, 7) is 10.3. The number of nitrogens with one attached hydrogen (secondary N) is 1. The smallest absolute Gasteiger partial charge is 0.268 e. The van der Waals surface area contributed by atoms with Gasteiger partial charge in [-0.3, -0.25) is 24.3 Å². The lowest BCUT2D eigenvalue weighted by Crippen LogP contribution is -2.51. The lowest BCUT2D eigenvalue weighted by Gasteiger charge is -2.35. The Morgan fingerprint density at radius 2 is 1.79 bits per heavy atom. The van der Waals surface area contributed by atoms with Crippen molar-refractivity contribution < 1.29 is 14.3 Å². The van der Waals surface area contributed by atoms with Crippen LogP contribution in [0.4, 0.5) is 5.69 Å². The Morgan fingerprint density at radius 1 is 1.06 bits per heavy atom. The van der Waals surface area contributed by atoms with E-state index in [2.05, 4.69) is 39.4 Å². The second kappa shape index (κ2) is 10.8. The summed E-state index contributed by atoms with van der Waals surface area (Å²) in [5.74, 6) is 0.365. The van der Waals surface area contributed by atoms with Crippen LogP contribution in [0.15, 0.2) is 48.5 Å². The Hall–Kier alpha value is -2.90. The molecule has 4 rings (SSSR count). The van der Waals surface area contributed by atoms with Crippen LogP contribution in [-0.2, 0) is 16.1 Å². The maximum atomic E-state index is 12.9. The third-order valence-electron chi connectivity index (χ3n) is 6.35. The zero-order valence-corrected chi connectivity index (χ0v) is 19.6. The number of hydrogen-bond acceptors (Lipinski definition) is 5. The van der Waals surface area contributed by atoms with Gasteiger partial charge in [-0.25, -0.2) is 0 Å². The molecule has 1 fully saturated rings. The van der Waals surface area contributed by atoms with Crippen LogP contribution in [0.2, 0.25) is 0 Å². The van der Waals surface area contributed by atoms with Crippen molar-refractivity contribution in [2.24, 2.45) is 0 Å². The summed E-state index contributed by atoms with van der Waals surface area (Å²) in [6, 6.07) is 16.3. The van der Waals surface area contributed by atoms with Crippen LogP contribution in [-0.4, -0.2) is 73.5 Å². The fourth-order valence-corrected chi connectivity index (χ4v) is 4.42. The van der Waals surface area contributed by atoms with E-state index in [1.54, 1.807) is 4.90 Å². The molecule has 7 heteroatoms. The SMILES string of the molecule is CC[C@H]1Oc2ccc(C)cc2N(CC(=O)NCCN2CCN(Cc3ccccc3)CC2)C1=O. The van der Waals surface area contributed by atoms with Crippen molar-refractivity contribution in [2.75, 3.05) is 50.7 Å². The number of carbonyl (C=O) groups is 2. The second-order valence-corrected chi connectivity index (χ2v) is 8.86. The molecule has 1 atom stereocenters. The highest BCUT2D eigenvalue weighted by atomic mass is 16.5. The van der Waals surface area contributed by atoms with Gasteiger partial charge >= 0.3 is 0 Å². The maximum Gasteiger partial charge on any atom is 0.268 e. The number of nitrogens with zero attached hydrogens (tertiary/aromatic N) is 3. The van der Waals surface area contributed by atoms with E-state index < -0.39 is 6.10 Å². The molecule has 0 aliphatic carbocycles. The van der Waals surface area contributed by atoms with Gasteiger partial charge in [0.05, 0.1) is 5.69 Å². The van der Waals surface area contributed by atoms with Gasteiger partial charge in [0.1, 0.15) is 12.3 Å². The molecule has 2 aromatic carbocycles. The molecule has 2 aromatic rings. The van der Waals surface area contributed by atoms with Crippen molar-refractivity contribution in [3.63, 3.8) is 0 Å². The number of aryl methyl sites for hydroxylation is 1. The van der Waals surface area contributed by atoms with Gasteiger partial charge in [0.2, 0.25) is 5.91 Å². The van der Waals surface area contributed by atoms with Crippen molar-refractivity contribution >= 4 is 17.5 Å². The Kier molecular flexibility index (Phi) is 7.62. The third kappa shape index (κ3) is 5.92. The predicted molar refractivity (Wildman–Crippen MR) is 129 cm³/mol. The topological polar surface area (TPSA) is 65.1 Å². The van der Waals surface area contributed by atoms with E-state index in [1.165, 1.54) is 5.56 Å². The first-order valence-electron chi connectivity index (χ1n) is 11.9. The summed E-state index contributed by atoms with van der Waals surface area (Å²) in [7, 11) is 0. The standard InChI is InChI=1S/C26H34N4O3/c1-3-23-26(32)30(22-17-20(2)9-10-24(22)33-23)19-25(31)27-11-12-28-13-15-29(16-14-28)18-21-7-5-4-6-8-21/h4-10,17,23H,3,11-16,18-19H2,1-2H3,(H,27,31)/t23-/m1/s1. The van der Waals surface area contributed by atoms with Gasteiger partial charge in [0.15, 0.2) is 6.10 Å². The van der Waals surface area contributed by atoms with Crippen LogP contribution in [0.25, 0.3) is 0 Å². The van der Waals surface area contributed by atoms with E-state index in [1.807, 2.05) is 38.1 Å². The summed E-state index contributed by atoms with van der Waals surface area (Å²) in [5.41, 5.74) is 3.05. The molecule has 0 bridgehead atoms. The van der Waals surface area contributed by atoms with E-state index in [4.69, 9.17) is 4.74 Å². The van der Waals surface area contributed by atoms with Crippen LogP contribution in [0, 0.1) is 6.92 Å². The largest absolute Gasteiger partial charge is 0.478 e. The number of benzene rings is 2. The van der Waals surface area contributed by atoms with Crippen molar-refractivity contribution in [3.8, 4) is 5.75 Å². The van der Waals surface area contributed by atoms with Gasteiger partial charge in [0, 0.05) is 45.8 Å². The Bertz CT molecular complexity index is 957. The zero-order chi connectivity index (χ0) is 23.2. The molecular formula is C26H34N4O3. The molecule has 0 spiro atoms. The summed E-state index contributed by atoms with van der Waals surface area (Å²) in [5, 5.41) is 3.00. The first-order chi connectivity index (χ1) is 16.0. The van der Waals surface area contributed by atoms with Crippen molar-refractivity contribution in [2.45, 2.75) is 32.9 Å². The molecule has 0 unspecified atom stereocenters. The summed E-state index contributed by atoms with van der Waals surface area (Å²) < 4.78 is 5.83. The molecule has 0 aromatic heterocycles. The molecule has 7 nitrogen and oxygen atoms in total. The van der Waals surface area contributed by atoms with Crippen molar-refractivity contribution in [1.82, 2.24) is 15.1 Å². The van der Waals surface area contributed by atoms with Gasteiger partial charge in [-0.05, 0) is 36.6 Å². The van der Waals surface area contributed by atoms with Gasteiger partial charge in [-0.1, -0.05) is 43.3 Å². The van der Waals surface area contributed by atoms with E-state index in [-0.39, 0.29) is 18.4 Å². The number of ether oxygens (including phenoxy) is 1. The van der Waals surface area contributed by atoms with Gasteiger partial charge < -0.3 is 10.1 Å². The number of carbonyl (C=O) groups excluding carboxylic acids is 2. The van der Waals surface area contributed by atoms with Crippen molar-refractivity contribution in [1.29, 1.82) is 0 Å². The third-order valence-corrected chi connectivity index (χ3v) is 6.35. The molecule has 2 heterocycles. The second-order valence-electron chi connectivity index (χ2n) is 8.86. The highest BCUT2D eigenvalue weighted by molar-refractivity contribution is 6.03. The fourth-order valence-electron chi connectivity index (χ4n) is 4.42. The number of piperazine rings is 1. The average Bonchev–Trinajstić information content (AvgIpc) is 2.83. The normalized spacial score (nSPS) is 19.2. The molecule has 1 saturated heterocycles. The predicted octanol–water partition coefficient (Wildman–Crippen LogP) is 2.43. The summed E-state index contributed by atoms with van der Waals surface area (Å²) in [4.78, 5) is 31.9. The minimum Gasteiger partial charge on any atom is -0.478 e. The minimum atomic E-state index is -0.541.